The van der Waals surface area contributed by atoms with Crippen molar-refractivity contribution >= 4 is 33.5 Å². The number of hydrogen-bond donors (Lipinski definition) is 0. The average Bonchev–Trinajstić information content (AvgIpc) is 2.17. The first-order valence-corrected chi connectivity index (χ1v) is 5.35. The van der Waals surface area contributed by atoms with Crippen LogP contribution in [0.15, 0.2) is 24.3 Å². The van der Waals surface area contributed by atoms with Gasteiger partial charge < -0.3 is 4.74 Å². The van der Waals surface area contributed by atoms with E-state index in [-0.39, 0.29) is 0 Å². The maximum atomic E-state index is 10.9. The van der Waals surface area contributed by atoms with Gasteiger partial charge in [0.15, 0.2) is 6.10 Å². The summed E-state index contributed by atoms with van der Waals surface area (Å²) in [5, 5.41) is 0.527. The van der Waals surface area contributed by atoms with Gasteiger partial charge in [-0.25, -0.2) is 0 Å². The molecule has 1 aromatic rings. The van der Waals surface area contributed by atoms with Crippen molar-refractivity contribution in [2.45, 2.75) is 13.0 Å². The van der Waals surface area contributed by atoms with Gasteiger partial charge in [-0.3, -0.25) is 4.79 Å². The third-order valence-corrected chi connectivity index (χ3v) is 2.23. The number of hydrogen-bond acceptors (Lipinski definition) is 2. The minimum Gasteiger partial charge on any atom is -0.444 e. The lowest BCUT2D eigenvalue weighted by Crippen LogP contribution is -2.06. The molecule has 0 aromatic heterocycles. The molecule has 15 heavy (non-hydrogen) atoms. The average molecular weight is 288 g/mol. The summed E-state index contributed by atoms with van der Waals surface area (Å²) in [7, 11) is 0. The molecule has 78 valence electrons. The lowest BCUT2D eigenvalue weighted by Gasteiger charge is -2.12. The maximum absolute atomic E-state index is 10.9. The van der Waals surface area contributed by atoms with E-state index in [1.807, 2.05) is 6.07 Å². The fraction of sp³-hybridized carbons (Fsp3) is 0.182. The van der Waals surface area contributed by atoms with E-state index in [0.717, 1.165) is 0 Å². The fourth-order valence-electron chi connectivity index (χ4n) is 1.07. The summed E-state index contributed by atoms with van der Waals surface area (Å²) in [6, 6.07) is 7.11. The van der Waals surface area contributed by atoms with Crippen LogP contribution in [0.3, 0.4) is 0 Å². The molecule has 0 saturated heterocycles. The number of rotatable bonds is 2. The third-order valence-electron chi connectivity index (χ3n) is 1.66. The van der Waals surface area contributed by atoms with Gasteiger partial charge in [-0.15, -0.1) is 0 Å². The Hall–Kier alpha value is -0.980. The van der Waals surface area contributed by atoms with E-state index >= 15 is 0 Å². The summed E-state index contributed by atoms with van der Waals surface area (Å²) in [6.45, 7) is 1.33. The zero-order valence-corrected chi connectivity index (χ0v) is 10.3. The summed E-state index contributed by atoms with van der Waals surface area (Å²) >= 11 is 8.93. The smallest absolute Gasteiger partial charge is 0.304 e. The normalized spacial score (nSPS) is 11.1. The van der Waals surface area contributed by atoms with E-state index in [1.165, 1.54) is 6.92 Å². The molecule has 1 aromatic carbocycles. The topological polar surface area (TPSA) is 26.3 Å². The van der Waals surface area contributed by atoms with E-state index in [0.29, 0.717) is 10.6 Å². The molecule has 0 heterocycles. The summed E-state index contributed by atoms with van der Waals surface area (Å²) in [4.78, 5) is 13.4. The van der Waals surface area contributed by atoms with Crippen LogP contribution in [0.2, 0.25) is 5.02 Å². The number of benzene rings is 1. The number of esters is 1. The Labute approximate surface area is 102 Å². The first-order valence-electron chi connectivity index (χ1n) is 4.18. The predicted molar refractivity (Wildman–Crippen MR) is 62.7 cm³/mol. The number of ether oxygens (including phenoxy) is 1. The Kier molecular flexibility index (Phi) is 4.67. The molecule has 0 aliphatic heterocycles. The van der Waals surface area contributed by atoms with Crippen molar-refractivity contribution in [2.24, 2.45) is 0 Å². The summed E-state index contributed by atoms with van der Waals surface area (Å²) in [6.07, 6.45) is -0.629. The predicted octanol–water partition coefficient (Wildman–Crippen LogP) is 3.30. The molecule has 1 rings (SSSR count). The minimum atomic E-state index is -0.629. The Balaban J connectivity index is 3.02. The lowest BCUT2D eigenvalue weighted by atomic mass is 10.1. The zero-order valence-electron chi connectivity index (χ0n) is 7.96. The third kappa shape index (κ3) is 3.58. The molecule has 0 N–H and O–H groups in total. The van der Waals surface area contributed by atoms with Gasteiger partial charge in [0.1, 0.15) is 0 Å². The number of carbonyl (C=O) groups excluding carboxylic acids is 1. The van der Waals surface area contributed by atoms with E-state index in [2.05, 4.69) is 26.7 Å². The van der Waals surface area contributed by atoms with Crippen molar-refractivity contribution in [3.63, 3.8) is 0 Å². The quantitative estimate of drug-likeness (QED) is 0.616. The highest BCUT2D eigenvalue weighted by molar-refractivity contribution is 9.12. The van der Waals surface area contributed by atoms with Crippen LogP contribution in [-0.4, -0.2) is 5.97 Å². The second-order valence-electron chi connectivity index (χ2n) is 2.75. The fourth-order valence-corrected chi connectivity index (χ4v) is 1.52. The van der Waals surface area contributed by atoms with Gasteiger partial charge in [-0.1, -0.05) is 29.8 Å². The van der Waals surface area contributed by atoms with Gasteiger partial charge in [0, 0.05) is 33.4 Å². The highest BCUT2D eigenvalue weighted by Gasteiger charge is 2.14. The number of carbonyl (C=O) groups is 1. The van der Waals surface area contributed by atoms with Crippen LogP contribution in [0.4, 0.5) is 0 Å². The van der Waals surface area contributed by atoms with Crippen molar-refractivity contribution in [1.82, 2.24) is 0 Å². The van der Waals surface area contributed by atoms with E-state index in [9.17, 15) is 4.79 Å². The molecule has 2 nitrogen and oxygen atoms in total. The van der Waals surface area contributed by atoms with E-state index in [4.69, 9.17) is 16.3 Å². The molecular formula is C11H8BrClO2. The molecule has 0 fully saturated rings. The highest BCUT2D eigenvalue weighted by Crippen LogP contribution is 2.25. The summed E-state index contributed by atoms with van der Waals surface area (Å²) < 4.78 is 5.03. The summed E-state index contributed by atoms with van der Waals surface area (Å²) in [5.41, 5.74) is 0.682. The lowest BCUT2D eigenvalue weighted by molar-refractivity contribution is -0.144. The molecule has 4 heteroatoms. The molecule has 1 atom stereocenters. The highest BCUT2D eigenvalue weighted by atomic mass is 79.9. The standard InChI is InChI=1S/C11H8BrClO2/c1-8(14)15-11(6-7-12)9-4-2-3-5-10(9)13/h2-5,11H,1H3. The van der Waals surface area contributed by atoms with Gasteiger partial charge in [0.05, 0.1) is 0 Å². The summed E-state index contributed by atoms with van der Waals surface area (Å²) in [5.74, 6) is 2.32. The zero-order chi connectivity index (χ0) is 11.3. The first kappa shape index (κ1) is 12.1. The molecule has 0 amide bonds. The van der Waals surface area contributed by atoms with Crippen molar-refractivity contribution in [2.75, 3.05) is 0 Å². The van der Waals surface area contributed by atoms with Crippen LogP contribution in [0, 0.1) is 10.8 Å². The number of halogens is 2. The molecule has 0 aliphatic rings. The monoisotopic (exact) mass is 286 g/mol. The molecule has 0 radical (unpaired) electrons. The first-order chi connectivity index (χ1) is 7.15. The second-order valence-corrected chi connectivity index (χ2v) is 3.55. The molecule has 0 aliphatic carbocycles. The Morgan fingerprint density at radius 3 is 2.73 bits per heavy atom. The van der Waals surface area contributed by atoms with Crippen molar-refractivity contribution in [3.8, 4) is 10.8 Å². The van der Waals surface area contributed by atoms with Gasteiger partial charge in [-0.2, -0.15) is 0 Å². The van der Waals surface area contributed by atoms with E-state index < -0.39 is 12.1 Å². The van der Waals surface area contributed by atoms with Crippen LogP contribution in [0.5, 0.6) is 0 Å². The maximum Gasteiger partial charge on any atom is 0.304 e. The SMILES string of the molecule is CC(=O)OC(C#CBr)c1ccccc1Cl. The Morgan fingerprint density at radius 1 is 1.53 bits per heavy atom. The van der Waals surface area contributed by atoms with Gasteiger partial charge in [0.2, 0.25) is 0 Å². The molecule has 0 spiro atoms. The molecule has 1 unspecified atom stereocenters. The van der Waals surface area contributed by atoms with Crippen molar-refractivity contribution in [3.05, 3.63) is 34.9 Å². The largest absolute Gasteiger partial charge is 0.444 e. The van der Waals surface area contributed by atoms with Crippen LogP contribution >= 0.6 is 27.5 Å². The molecular weight excluding hydrogens is 279 g/mol. The minimum absolute atomic E-state index is 0.393. The second kappa shape index (κ2) is 5.79. The van der Waals surface area contributed by atoms with Crippen LogP contribution in [0.1, 0.15) is 18.6 Å². The van der Waals surface area contributed by atoms with Crippen LogP contribution < -0.4 is 0 Å². The van der Waals surface area contributed by atoms with Crippen molar-refractivity contribution < 1.29 is 9.53 Å². The van der Waals surface area contributed by atoms with Gasteiger partial charge in [-0.05, 0) is 16.8 Å². The molecule has 0 bridgehead atoms. The van der Waals surface area contributed by atoms with Crippen molar-refractivity contribution in [1.29, 1.82) is 0 Å². The van der Waals surface area contributed by atoms with E-state index in [1.54, 1.807) is 18.2 Å². The Bertz CT molecular complexity index is 420. The Morgan fingerprint density at radius 2 is 2.20 bits per heavy atom. The van der Waals surface area contributed by atoms with Gasteiger partial charge in [0.25, 0.3) is 0 Å². The molecule has 0 saturated carbocycles. The van der Waals surface area contributed by atoms with Crippen LogP contribution in [-0.2, 0) is 9.53 Å². The van der Waals surface area contributed by atoms with Crippen LogP contribution in [0.25, 0.3) is 0 Å². The van der Waals surface area contributed by atoms with Gasteiger partial charge >= 0.3 is 5.97 Å².